The van der Waals surface area contributed by atoms with Crippen LogP contribution in [-0.4, -0.2) is 54.6 Å². The number of nitrogens with two attached hydrogens (primary N) is 1. The van der Waals surface area contributed by atoms with Crippen molar-refractivity contribution in [1.29, 1.82) is 0 Å². The summed E-state index contributed by atoms with van der Waals surface area (Å²) in [6.07, 6.45) is 1.72. The Labute approximate surface area is 121 Å². The molecule has 20 heavy (non-hydrogen) atoms. The van der Waals surface area contributed by atoms with Crippen molar-refractivity contribution in [2.45, 2.75) is 39.0 Å². The summed E-state index contributed by atoms with van der Waals surface area (Å²) in [6.45, 7) is 8.22. The molecule has 1 aromatic rings. The quantitative estimate of drug-likeness (QED) is 0.778. The van der Waals surface area contributed by atoms with Crippen molar-refractivity contribution < 1.29 is 9.47 Å². The molecule has 0 aliphatic rings. The summed E-state index contributed by atoms with van der Waals surface area (Å²) in [7, 11) is 5.70. The van der Waals surface area contributed by atoms with E-state index in [1.165, 1.54) is 0 Å². The van der Waals surface area contributed by atoms with Gasteiger partial charge in [-0.25, -0.2) is 0 Å². The van der Waals surface area contributed by atoms with Crippen molar-refractivity contribution in [2.75, 3.05) is 34.4 Å². The van der Waals surface area contributed by atoms with Crippen LogP contribution in [0.3, 0.4) is 0 Å². The topological polar surface area (TPSA) is 65.5 Å². The van der Waals surface area contributed by atoms with E-state index in [1.54, 1.807) is 13.3 Å². The number of hydrogen-bond acceptors (Lipinski definition) is 5. The zero-order valence-electron chi connectivity index (χ0n) is 13.5. The van der Waals surface area contributed by atoms with Crippen LogP contribution in [0.5, 0.6) is 5.75 Å². The molecule has 0 fully saturated rings. The van der Waals surface area contributed by atoms with Gasteiger partial charge in [0.25, 0.3) is 0 Å². The van der Waals surface area contributed by atoms with E-state index in [1.807, 2.05) is 39.5 Å². The van der Waals surface area contributed by atoms with E-state index in [0.29, 0.717) is 12.4 Å². The highest BCUT2D eigenvalue weighted by molar-refractivity contribution is 5.30. The van der Waals surface area contributed by atoms with E-state index in [2.05, 4.69) is 10.00 Å². The van der Waals surface area contributed by atoms with Crippen molar-refractivity contribution in [3.8, 4) is 5.75 Å². The number of rotatable bonds is 8. The molecule has 0 bridgehead atoms. The van der Waals surface area contributed by atoms with Crippen molar-refractivity contribution in [1.82, 2.24) is 14.7 Å². The molecule has 6 heteroatoms. The maximum Gasteiger partial charge on any atom is 0.161 e. The first-order chi connectivity index (χ1) is 9.33. The molecule has 0 aliphatic carbocycles. The monoisotopic (exact) mass is 284 g/mol. The van der Waals surface area contributed by atoms with Gasteiger partial charge in [0.2, 0.25) is 0 Å². The standard InChI is InChI=1S/C14H28N4O2/c1-7-20-14(2,3)13(15)12-11(19-6)10-16-18(12)9-8-17(4)5/h10,13H,7-9,15H2,1-6H3. The van der Waals surface area contributed by atoms with Gasteiger partial charge in [-0.05, 0) is 34.9 Å². The second-order valence-corrected chi connectivity index (χ2v) is 5.64. The summed E-state index contributed by atoms with van der Waals surface area (Å²) in [5.41, 5.74) is 6.82. The lowest BCUT2D eigenvalue weighted by Gasteiger charge is -2.32. The third-order valence-corrected chi connectivity index (χ3v) is 3.38. The van der Waals surface area contributed by atoms with Crippen LogP contribution in [0.15, 0.2) is 6.20 Å². The molecule has 0 saturated heterocycles. The SMILES string of the molecule is CCOC(C)(C)C(N)c1c(OC)cnn1CCN(C)C. The van der Waals surface area contributed by atoms with Crippen LogP contribution in [0.1, 0.15) is 32.5 Å². The van der Waals surface area contributed by atoms with E-state index in [-0.39, 0.29) is 6.04 Å². The highest BCUT2D eigenvalue weighted by atomic mass is 16.5. The average Bonchev–Trinajstić information content (AvgIpc) is 2.77. The highest BCUT2D eigenvalue weighted by Crippen LogP contribution is 2.32. The maximum absolute atomic E-state index is 6.41. The molecule has 1 unspecified atom stereocenters. The van der Waals surface area contributed by atoms with E-state index in [9.17, 15) is 0 Å². The first-order valence-electron chi connectivity index (χ1n) is 6.97. The number of ether oxygens (including phenoxy) is 2. The number of hydrogen-bond donors (Lipinski definition) is 1. The Hall–Kier alpha value is -1.11. The first kappa shape index (κ1) is 16.9. The molecular formula is C14H28N4O2. The Morgan fingerprint density at radius 3 is 2.60 bits per heavy atom. The van der Waals surface area contributed by atoms with Crippen molar-refractivity contribution in [3.63, 3.8) is 0 Å². The molecule has 1 heterocycles. The van der Waals surface area contributed by atoms with Gasteiger partial charge in [-0.15, -0.1) is 0 Å². The Morgan fingerprint density at radius 2 is 2.10 bits per heavy atom. The lowest BCUT2D eigenvalue weighted by Crippen LogP contribution is -2.40. The molecule has 0 saturated carbocycles. The zero-order valence-corrected chi connectivity index (χ0v) is 13.5. The fraction of sp³-hybridized carbons (Fsp3) is 0.786. The summed E-state index contributed by atoms with van der Waals surface area (Å²) >= 11 is 0. The van der Waals surface area contributed by atoms with Gasteiger partial charge in [0.05, 0.1) is 31.5 Å². The van der Waals surface area contributed by atoms with Crippen molar-refractivity contribution >= 4 is 0 Å². The molecule has 1 atom stereocenters. The minimum atomic E-state index is -0.474. The van der Waals surface area contributed by atoms with Crippen molar-refractivity contribution in [2.24, 2.45) is 5.73 Å². The lowest BCUT2D eigenvalue weighted by molar-refractivity contribution is -0.0321. The summed E-state index contributed by atoms with van der Waals surface area (Å²) in [6, 6.07) is -0.304. The zero-order chi connectivity index (χ0) is 15.3. The molecule has 1 aromatic heterocycles. The molecule has 0 amide bonds. The molecule has 116 valence electrons. The molecule has 0 spiro atoms. The van der Waals surface area contributed by atoms with Crippen LogP contribution in [-0.2, 0) is 11.3 Å². The summed E-state index contributed by atoms with van der Waals surface area (Å²) in [5.74, 6) is 0.712. The lowest BCUT2D eigenvalue weighted by atomic mass is 9.96. The van der Waals surface area contributed by atoms with Gasteiger partial charge in [0.15, 0.2) is 5.75 Å². The summed E-state index contributed by atoms with van der Waals surface area (Å²) in [5, 5.41) is 4.38. The summed E-state index contributed by atoms with van der Waals surface area (Å²) in [4.78, 5) is 2.11. The Morgan fingerprint density at radius 1 is 1.45 bits per heavy atom. The molecule has 0 aliphatic heterocycles. The molecule has 0 radical (unpaired) electrons. The van der Waals surface area contributed by atoms with Gasteiger partial charge in [-0.1, -0.05) is 0 Å². The average molecular weight is 284 g/mol. The summed E-state index contributed by atoms with van der Waals surface area (Å²) < 4.78 is 13.1. The van der Waals surface area contributed by atoms with Gasteiger partial charge >= 0.3 is 0 Å². The van der Waals surface area contributed by atoms with Gasteiger partial charge in [-0.2, -0.15) is 5.10 Å². The Kier molecular flexibility index (Phi) is 5.98. The van der Waals surface area contributed by atoms with Gasteiger partial charge < -0.3 is 20.1 Å². The van der Waals surface area contributed by atoms with E-state index in [4.69, 9.17) is 15.2 Å². The van der Waals surface area contributed by atoms with Crippen LogP contribution < -0.4 is 10.5 Å². The Balaban J connectivity index is 3.03. The highest BCUT2D eigenvalue weighted by Gasteiger charge is 2.33. The second-order valence-electron chi connectivity index (χ2n) is 5.64. The minimum absolute atomic E-state index is 0.304. The predicted octanol–water partition coefficient (Wildman–Crippen LogP) is 1.27. The van der Waals surface area contributed by atoms with E-state index >= 15 is 0 Å². The second kappa shape index (κ2) is 7.06. The first-order valence-corrected chi connectivity index (χ1v) is 6.97. The molecule has 6 nitrogen and oxygen atoms in total. The van der Waals surface area contributed by atoms with Gasteiger partial charge in [0, 0.05) is 13.2 Å². The van der Waals surface area contributed by atoms with Crippen LogP contribution in [0.25, 0.3) is 0 Å². The predicted molar refractivity (Wildman–Crippen MR) is 80.0 cm³/mol. The largest absolute Gasteiger partial charge is 0.493 e. The fourth-order valence-corrected chi connectivity index (χ4v) is 2.11. The fourth-order valence-electron chi connectivity index (χ4n) is 2.11. The van der Waals surface area contributed by atoms with E-state index < -0.39 is 5.60 Å². The van der Waals surface area contributed by atoms with Crippen molar-refractivity contribution in [3.05, 3.63) is 11.9 Å². The van der Waals surface area contributed by atoms with Crippen LogP contribution in [0, 0.1) is 0 Å². The number of methoxy groups -OCH3 is 1. The number of nitrogens with zero attached hydrogens (tertiary/aromatic N) is 3. The Bertz CT molecular complexity index is 415. The molecule has 0 aromatic carbocycles. The van der Waals surface area contributed by atoms with E-state index in [0.717, 1.165) is 18.8 Å². The van der Waals surface area contributed by atoms with Crippen LogP contribution >= 0.6 is 0 Å². The normalized spacial score (nSPS) is 13.8. The minimum Gasteiger partial charge on any atom is -0.493 e. The maximum atomic E-state index is 6.41. The van der Waals surface area contributed by atoms with Gasteiger partial charge in [0.1, 0.15) is 5.69 Å². The molecule has 1 rings (SSSR count). The third kappa shape index (κ3) is 3.94. The third-order valence-electron chi connectivity index (χ3n) is 3.38. The van der Waals surface area contributed by atoms with Gasteiger partial charge in [-0.3, -0.25) is 4.68 Å². The van der Waals surface area contributed by atoms with Crippen LogP contribution in [0.4, 0.5) is 0 Å². The smallest absolute Gasteiger partial charge is 0.161 e. The number of likely N-dealkylation sites (N-methyl/N-ethyl adjacent to an activating group) is 1. The molecular weight excluding hydrogens is 256 g/mol. The number of aromatic nitrogens is 2. The van der Waals surface area contributed by atoms with Crippen LogP contribution in [0.2, 0.25) is 0 Å². The molecule has 2 N–H and O–H groups in total.